The topological polar surface area (TPSA) is 59.7 Å². The van der Waals surface area contributed by atoms with Gasteiger partial charge in [-0.2, -0.15) is 0 Å². The normalized spacial score (nSPS) is 10.7. The summed E-state index contributed by atoms with van der Waals surface area (Å²) >= 11 is 0. The van der Waals surface area contributed by atoms with Gasteiger partial charge in [0.05, 0.1) is 18.4 Å². The van der Waals surface area contributed by atoms with Gasteiger partial charge in [0, 0.05) is 18.1 Å². The lowest BCUT2D eigenvalue weighted by Gasteiger charge is -1.97. The Labute approximate surface area is 86.1 Å². The van der Waals surface area contributed by atoms with Crippen LogP contribution in [0.5, 0.6) is 0 Å². The van der Waals surface area contributed by atoms with E-state index in [0.717, 1.165) is 10.9 Å². The van der Waals surface area contributed by atoms with Crippen molar-refractivity contribution in [3.63, 3.8) is 0 Å². The zero-order chi connectivity index (χ0) is 10.8. The predicted molar refractivity (Wildman–Crippen MR) is 53.9 cm³/mol. The molecule has 0 saturated heterocycles. The van der Waals surface area contributed by atoms with E-state index in [1.54, 1.807) is 25.5 Å². The lowest BCUT2D eigenvalue weighted by atomic mass is 10.1. The van der Waals surface area contributed by atoms with E-state index in [4.69, 9.17) is 14.3 Å². The van der Waals surface area contributed by atoms with Crippen molar-refractivity contribution in [3.8, 4) is 0 Å². The molecular weight excluding hydrogens is 196 g/mol. The molecule has 0 fully saturated rings. The highest BCUT2D eigenvalue weighted by molar-refractivity contribution is 5.93. The fraction of sp³-hybridized carbons (Fsp3) is 0.182. The highest BCUT2D eigenvalue weighted by Gasteiger charge is 2.09. The molecule has 78 valence electrons. The molecule has 0 atom stereocenters. The second kappa shape index (κ2) is 3.74. The number of furan rings is 1. The van der Waals surface area contributed by atoms with Crippen molar-refractivity contribution >= 4 is 16.9 Å². The molecule has 2 aromatic rings. The molecule has 1 N–H and O–H groups in total. The number of carboxylic acids is 1. The lowest BCUT2D eigenvalue weighted by molar-refractivity contribution is 0.0697. The third-order valence-corrected chi connectivity index (χ3v) is 2.20. The maximum atomic E-state index is 10.8. The summed E-state index contributed by atoms with van der Waals surface area (Å²) in [6.07, 6.45) is 1.58. The van der Waals surface area contributed by atoms with Crippen molar-refractivity contribution < 1.29 is 19.1 Å². The van der Waals surface area contributed by atoms with Gasteiger partial charge in [0.25, 0.3) is 0 Å². The molecule has 0 bridgehead atoms. The number of hydrogen-bond acceptors (Lipinski definition) is 3. The molecule has 4 nitrogen and oxygen atoms in total. The Balaban J connectivity index is 2.56. The van der Waals surface area contributed by atoms with Crippen LogP contribution < -0.4 is 0 Å². The van der Waals surface area contributed by atoms with Crippen LogP contribution in [0.4, 0.5) is 0 Å². The second-order valence-electron chi connectivity index (χ2n) is 3.21. The zero-order valence-electron chi connectivity index (χ0n) is 8.19. The molecule has 1 aromatic carbocycles. The maximum Gasteiger partial charge on any atom is 0.335 e. The highest BCUT2D eigenvalue weighted by atomic mass is 16.5. The number of carboxylic acid groups (broad SMARTS) is 1. The molecule has 15 heavy (non-hydrogen) atoms. The van der Waals surface area contributed by atoms with Gasteiger partial charge in [-0.1, -0.05) is 0 Å². The molecule has 0 saturated carbocycles. The van der Waals surface area contributed by atoms with Crippen LogP contribution in [0.2, 0.25) is 0 Å². The van der Waals surface area contributed by atoms with Gasteiger partial charge in [0.15, 0.2) is 0 Å². The Kier molecular flexibility index (Phi) is 2.43. The summed E-state index contributed by atoms with van der Waals surface area (Å²) in [7, 11) is 1.58. The first kappa shape index (κ1) is 9.73. The zero-order valence-corrected chi connectivity index (χ0v) is 8.19. The number of rotatable bonds is 3. The molecule has 1 aromatic heterocycles. The molecule has 0 unspecified atom stereocenters. The molecule has 0 spiro atoms. The number of benzene rings is 1. The number of ether oxygens (including phenoxy) is 1. The van der Waals surface area contributed by atoms with Crippen molar-refractivity contribution in [3.05, 3.63) is 35.6 Å². The summed E-state index contributed by atoms with van der Waals surface area (Å²) in [5.74, 6) is -0.943. The van der Waals surface area contributed by atoms with Gasteiger partial charge >= 0.3 is 5.97 Å². The Morgan fingerprint density at radius 3 is 3.00 bits per heavy atom. The summed E-state index contributed by atoms with van der Waals surface area (Å²) in [5.41, 5.74) is 1.78. The van der Waals surface area contributed by atoms with Crippen LogP contribution in [0.1, 0.15) is 15.9 Å². The molecule has 0 amide bonds. The van der Waals surface area contributed by atoms with Crippen molar-refractivity contribution in [2.75, 3.05) is 7.11 Å². The van der Waals surface area contributed by atoms with E-state index in [-0.39, 0.29) is 5.56 Å². The Morgan fingerprint density at radius 2 is 2.33 bits per heavy atom. The van der Waals surface area contributed by atoms with Crippen molar-refractivity contribution in [2.45, 2.75) is 6.61 Å². The van der Waals surface area contributed by atoms with Crippen molar-refractivity contribution in [1.82, 2.24) is 0 Å². The van der Waals surface area contributed by atoms with Crippen LogP contribution >= 0.6 is 0 Å². The summed E-state index contributed by atoms with van der Waals surface area (Å²) in [6, 6.07) is 4.76. The number of aromatic carboxylic acids is 1. The highest BCUT2D eigenvalue weighted by Crippen LogP contribution is 2.23. The van der Waals surface area contributed by atoms with Crippen LogP contribution in [-0.4, -0.2) is 18.2 Å². The van der Waals surface area contributed by atoms with Gasteiger partial charge in [0.1, 0.15) is 5.58 Å². The molecule has 0 aliphatic rings. The van der Waals surface area contributed by atoms with E-state index in [0.29, 0.717) is 12.2 Å². The van der Waals surface area contributed by atoms with Gasteiger partial charge < -0.3 is 14.3 Å². The van der Waals surface area contributed by atoms with Crippen LogP contribution in [0.15, 0.2) is 28.9 Å². The molecule has 2 rings (SSSR count). The standard InChI is InChI=1S/C11H10O4/c1-14-5-8-6-15-10-3-2-7(11(12)13)4-9(8)10/h2-4,6H,5H2,1H3,(H,12,13). The minimum absolute atomic E-state index is 0.251. The molecule has 0 aliphatic heterocycles. The van der Waals surface area contributed by atoms with Gasteiger partial charge in [-0.05, 0) is 18.2 Å². The van der Waals surface area contributed by atoms with Gasteiger partial charge in [0.2, 0.25) is 0 Å². The van der Waals surface area contributed by atoms with E-state index < -0.39 is 5.97 Å². The minimum Gasteiger partial charge on any atom is -0.478 e. The molecule has 4 heteroatoms. The number of fused-ring (bicyclic) bond motifs is 1. The smallest absolute Gasteiger partial charge is 0.335 e. The first-order valence-corrected chi connectivity index (χ1v) is 4.44. The quantitative estimate of drug-likeness (QED) is 0.836. The average molecular weight is 206 g/mol. The van der Waals surface area contributed by atoms with E-state index in [9.17, 15) is 4.79 Å². The Morgan fingerprint density at radius 1 is 1.53 bits per heavy atom. The minimum atomic E-state index is -0.943. The number of methoxy groups -OCH3 is 1. The van der Waals surface area contributed by atoms with Crippen molar-refractivity contribution in [1.29, 1.82) is 0 Å². The SMILES string of the molecule is COCc1coc2ccc(C(=O)O)cc12. The number of hydrogen-bond donors (Lipinski definition) is 1. The van der Waals surface area contributed by atoms with E-state index in [1.807, 2.05) is 0 Å². The molecular formula is C11H10O4. The fourth-order valence-corrected chi connectivity index (χ4v) is 1.48. The molecule has 1 heterocycles. The first-order chi connectivity index (χ1) is 7.22. The third-order valence-electron chi connectivity index (χ3n) is 2.20. The maximum absolute atomic E-state index is 10.8. The van der Waals surface area contributed by atoms with Gasteiger partial charge in [-0.3, -0.25) is 0 Å². The second-order valence-corrected chi connectivity index (χ2v) is 3.21. The van der Waals surface area contributed by atoms with Gasteiger partial charge in [-0.25, -0.2) is 4.79 Å². The van der Waals surface area contributed by atoms with E-state index in [1.165, 1.54) is 6.07 Å². The third kappa shape index (κ3) is 1.71. The lowest BCUT2D eigenvalue weighted by Crippen LogP contribution is -1.95. The summed E-state index contributed by atoms with van der Waals surface area (Å²) < 4.78 is 10.3. The van der Waals surface area contributed by atoms with Crippen LogP contribution in [0, 0.1) is 0 Å². The van der Waals surface area contributed by atoms with Crippen LogP contribution in [0.3, 0.4) is 0 Å². The predicted octanol–water partition coefficient (Wildman–Crippen LogP) is 2.28. The number of carbonyl (C=O) groups is 1. The van der Waals surface area contributed by atoms with E-state index in [2.05, 4.69) is 0 Å². The Bertz CT molecular complexity index is 498. The van der Waals surface area contributed by atoms with Gasteiger partial charge in [-0.15, -0.1) is 0 Å². The fourth-order valence-electron chi connectivity index (χ4n) is 1.48. The van der Waals surface area contributed by atoms with Crippen LogP contribution in [0.25, 0.3) is 11.0 Å². The summed E-state index contributed by atoms with van der Waals surface area (Å²) in [5, 5.41) is 9.63. The monoisotopic (exact) mass is 206 g/mol. The average Bonchev–Trinajstić information content (AvgIpc) is 2.61. The summed E-state index contributed by atoms with van der Waals surface area (Å²) in [4.78, 5) is 10.8. The van der Waals surface area contributed by atoms with Crippen molar-refractivity contribution in [2.24, 2.45) is 0 Å². The van der Waals surface area contributed by atoms with Crippen LogP contribution in [-0.2, 0) is 11.3 Å². The Hall–Kier alpha value is -1.81. The van der Waals surface area contributed by atoms with E-state index >= 15 is 0 Å². The molecule has 0 radical (unpaired) electrons. The largest absolute Gasteiger partial charge is 0.478 e. The first-order valence-electron chi connectivity index (χ1n) is 4.44. The molecule has 0 aliphatic carbocycles. The summed E-state index contributed by atoms with van der Waals surface area (Å²) in [6.45, 7) is 0.413.